The van der Waals surface area contributed by atoms with E-state index >= 15 is 0 Å². The van der Waals surface area contributed by atoms with Crippen molar-refractivity contribution in [1.29, 1.82) is 0 Å². The Kier molecular flexibility index (Phi) is 3.09. The molecule has 0 aromatic carbocycles. The molecule has 4 heteroatoms. The Morgan fingerprint density at radius 3 is 2.35 bits per heavy atom. The highest BCUT2D eigenvalue weighted by molar-refractivity contribution is 7.13. The molecule has 3 rings (SSSR count). The third-order valence-electron chi connectivity index (χ3n) is 3.56. The maximum absolute atomic E-state index is 9.53. The molecule has 0 spiro atoms. The summed E-state index contributed by atoms with van der Waals surface area (Å²) >= 11 is 1.68. The maximum atomic E-state index is 9.53. The molecule has 0 aliphatic heterocycles. The van der Waals surface area contributed by atoms with Crippen LogP contribution in [0.5, 0.6) is 0 Å². The van der Waals surface area contributed by atoms with Gasteiger partial charge >= 0.3 is 0 Å². The van der Waals surface area contributed by atoms with Crippen molar-refractivity contribution in [2.24, 2.45) is 11.8 Å². The summed E-state index contributed by atoms with van der Waals surface area (Å²) in [5.74, 6) is 1.79. The predicted molar refractivity (Wildman–Crippen MR) is 70.4 cm³/mol. The van der Waals surface area contributed by atoms with Gasteiger partial charge in [-0.2, -0.15) is 0 Å². The molecule has 0 amide bonds. The predicted octanol–water partition coefficient (Wildman–Crippen LogP) is 2.82. The van der Waals surface area contributed by atoms with Crippen LogP contribution in [0.3, 0.4) is 0 Å². The number of hydrogen-bond acceptors (Lipinski definition) is 4. The summed E-state index contributed by atoms with van der Waals surface area (Å²) in [5, 5.41) is 12.6. The number of aromatic nitrogens is 1. The van der Waals surface area contributed by atoms with Crippen LogP contribution in [0.1, 0.15) is 44.4 Å². The minimum absolute atomic E-state index is 0.441. The van der Waals surface area contributed by atoms with E-state index in [2.05, 4.69) is 9.88 Å². The summed E-state index contributed by atoms with van der Waals surface area (Å²) in [6, 6.07) is 0. The molecule has 1 aromatic rings. The van der Waals surface area contributed by atoms with Crippen LogP contribution < -0.4 is 4.90 Å². The Bertz CT molecular complexity index is 369. The lowest BCUT2D eigenvalue weighted by Crippen LogP contribution is -2.27. The normalized spacial score (nSPS) is 21.5. The molecule has 1 atom stereocenters. The summed E-state index contributed by atoms with van der Waals surface area (Å²) < 4.78 is 0. The first-order valence-corrected chi connectivity index (χ1v) is 7.49. The molecule has 1 heterocycles. The van der Waals surface area contributed by atoms with Crippen LogP contribution in [0.15, 0.2) is 5.38 Å². The van der Waals surface area contributed by atoms with Crippen LogP contribution in [0.4, 0.5) is 5.13 Å². The van der Waals surface area contributed by atoms with Crippen molar-refractivity contribution < 1.29 is 5.11 Å². The van der Waals surface area contributed by atoms with Crippen molar-refractivity contribution in [3.8, 4) is 0 Å². The fraction of sp³-hybridized carbons (Fsp3) is 0.769. The monoisotopic (exact) mass is 252 g/mol. The largest absolute Gasteiger partial charge is 0.387 e. The second-order valence-corrected chi connectivity index (χ2v) is 6.36. The number of aliphatic hydroxyl groups excluding tert-OH is 1. The number of hydrogen-bond donors (Lipinski definition) is 1. The third kappa shape index (κ3) is 2.99. The van der Waals surface area contributed by atoms with E-state index in [0.29, 0.717) is 0 Å². The molecule has 2 fully saturated rings. The quantitative estimate of drug-likeness (QED) is 0.845. The molecule has 94 valence electrons. The fourth-order valence-corrected chi connectivity index (χ4v) is 3.00. The summed E-state index contributed by atoms with van der Waals surface area (Å²) in [5.41, 5.74) is 0.821. The number of anilines is 1. The van der Waals surface area contributed by atoms with E-state index in [-0.39, 0.29) is 0 Å². The average molecular weight is 252 g/mol. The van der Waals surface area contributed by atoms with Crippen LogP contribution >= 0.6 is 11.3 Å². The van der Waals surface area contributed by atoms with E-state index in [1.54, 1.807) is 18.3 Å². The van der Waals surface area contributed by atoms with Crippen molar-refractivity contribution in [3.63, 3.8) is 0 Å². The van der Waals surface area contributed by atoms with E-state index in [4.69, 9.17) is 0 Å². The Morgan fingerprint density at radius 1 is 1.35 bits per heavy atom. The van der Waals surface area contributed by atoms with Crippen molar-refractivity contribution >= 4 is 16.5 Å². The molecule has 1 aromatic heterocycles. The van der Waals surface area contributed by atoms with Gasteiger partial charge in [0.2, 0.25) is 0 Å². The van der Waals surface area contributed by atoms with Gasteiger partial charge in [0.25, 0.3) is 0 Å². The first kappa shape index (κ1) is 11.5. The fourth-order valence-electron chi connectivity index (χ4n) is 2.07. The molecule has 0 bridgehead atoms. The minimum Gasteiger partial charge on any atom is -0.387 e. The summed E-state index contributed by atoms with van der Waals surface area (Å²) in [6.07, 6.45) is 5.10. The van der Waals surface area contributed by atoms with Gasteiger partial charge in [-0.25, -0.2) is 4.98 Å². The highest BCUT2D eigenvalue weighted by atomic mass is 32.1. The first-order valence-electron chi connectivity index (χ1n) is 6.61. The second-order valence-electron chi connectivity index (χ2n) is 5.52. The first-order chi connectivity index (χ1) is 8.22. The molecule has 0 saturated heterocycles. The SMILES string of the molecule is CC(O)c1csc(N(CC2CC2)CC2CC2)n1. The lowest BCUT2D eigenvalue weighted by Gasteiger charge is -2.21. The van der Waals surface area contributed by atoms with Crippen molar-refractivity contribution in [1.82, 2.24) is 4.98 Å². The van der Waals surface area contributed by atoms with Crippen molar-refractivity contribution in [2.75, 3.05) is 18.0 Å². The van der Waals surface area contributed by atoms with Crippen LogP contribution in [0.2, 0.25) is 0 Å². The Hall–Kier alpha value is -0.610. The number of thiazole rings is 1. The van der Waals surface area contributed by atoms with Gasteiger partial charge in [-0.05, 0) is 44.4 Å². The topological polar surface area (TPSA) is 36.4 Å². The summed E-state index contributed by atoms with van der Waals surface area (Å²) in [6.45, 7) is 4.12. The zero-order chi connectivity index (χ0) is 11.8. The molecular weight excluding hydrogens is 232 g/mol. The molecule has 0 radical (unpaired) electrons. The van der Waals surface area contributed by atoms with Gasteiger partial charge in [0.15, 0.2) is 5.13 Å². The maximum Gasteiger partial charge on any atom is 0.185 e. The van der Waals surface area contributed by atoms with Crippen molar-refractivity contribution in [2.45, 2.75) is 38.7 Å². The number of rotatable bonds is 6. The van der Waals surface area contributed by atoms with Gasteiger partial charge in [0.1, 0.15) is 0 Å². The van der Waals surface area contributed by atoms with Crippen LogP contribution in [0.25, 0.3) is 0 Å². The molecule has 3 nitrogen and oxygen atoms in total. The molecular formula is C13H20N2OS. The van der Waals surface area contributed by atoms with Gasteiger partial charge in [-0.3, -0.25) is 0 Å². The highest BCUT2D eigenvalue weighted by Crippen LogP contribution is 2.36. The zero-order valence-electron chi connectivity index (χ0n) is 10.3. The zero-order valence-corrected chi connectivity index (χ0v) is 11.1. The summed E-state index contributed by atoms with van der Waals surface area (Å²) in [7, 11) is 0. The second kappa shape index (κ2) is 4.58. The lowest BCUT2D eigenvalue weighted by molar-refractivity contribution is 0.195. The Balaban J connectivity index is 1.69. The van der Waals surface area contributed by atoms with E-state index < -0.39 is 6.10 Å². The van der Waals surface area contributed by atoms with Gasteiger partial charge in [-0.15, -0.1) is 11.3 Å². The van der Waals surface area contributed by atoms with Crippen LogP contribution in [-0.4, -0.2) is 23.2 Å². The highest BCUT2D eigenvalue weighted by Gasteiger charge is 2.30. The van der Waals surface area contributed by atoms with E-state index in [1.165, 1.54) is 38.8 Å². The van der Waals surface area contributed by atoms with Gasteiger partial charge < -0.3 is 10.0 Å². The molecule has 1 N–H and O–H groups in total. The van der Waals surface area contributed by atoms with Crippen LogP contribution in [-0.2, 0) is 0 Å². The summed E-state index contributed by atoms with van der Waals surface area (Å²) in [4.78, 5) is 7.02. The molecule has 2 saturated carbocycles. The Morgan fingerprint density at radius 2 is 1.94 bits per heavy atom. The molecule has 2 aliphatic carbocycles. The van der Waals surface area contributed by atoms with E-state index in [1.807, 2.05) is 5.38 Å². The Labute approximate surface area is 106 Å². The average Bonchev–Trinajstić information content (AvgIpc) is 3.21. The third-order valence-corrected chi connectivity index (χ3v) is 4.48. The van der Waals surface area contributed by atoms with E-state index in [0.717, 1.165) is 22.7 Å². The lowest BCUT2D eigenvalue weighted by atomic mass is 10.3. The minimum atomic E-state index is -0.441. The smallest absolute Gasteiger partial charge is 0.185 e. The van der Waals surface area contributed by atoms with E-state index in [9.17, 15) is 5.11 Å². The van der Waals surface area contributed by atoms with Crippen LogP contribution in [0, 0.1) is 11.8 Å². The molecule has 1 unspecified atom stereocenters. The van der Waals surface area contributed by atoms with Gasteiger partial charge in [-0.1, -0.05) is 0 Å². The number of aliphatic hydroxyl groups is 1. The van der Waals surface area contributed by atoms with Crippen molar-refractivity contribution in [3.05, 3.63) is 11.1 Å². The molecule has 2 aliphatic rings. The standard InChI is InChI=1S/C13H20N2OS/c1-9(16)12-8-17-13(14-12)15(6-10-2-3-10)7-11-4-5-11/h8-11,16H,2-7H2,1H3. The molecule has 17 heavy (non-hydrogen) atoms. The van der Waals surface area contributed by atoms with Gasteiger partial charge in [0.05, 0.1) is 11.8 Å². The van der Waals surface area contributed by atoms with Gasteiger partial charge in [0, 0.05) is 18.5 Å². The number of nitrogens with zero attached hydrogens (tertiary/aromatic N) is 2.